The predicted octanol–water partition coefficient (Wildman–Crippen LogP) is 6.55. The molecule has 8 nitrogen and oxygen atoms in total. The number of benzene rings is 2. The van der Waals surface area contributed by atoms with Crippen molar-refractivity contribution in [3.05, 3.63) is 89.5 Å². The highest BCUT2D eigenvalue weighted by atomic mass is 16.6. The lowest BCUT2D eigenvalue weighted by atomic mass is 9.73. The Hall–Kier alpha value is -4.20. The summed E-state index contributed by atoms with van der Waals surface area (Å²) in [6.45, 7) is 7.82. The van der Waals surface area contributed by atoms with Gasteiger partial charge in [-0.1, -0.05) is 49.7 Å². The average Bonchev–Trinajstić information content (AvgIpc) is 3.53. The Bertz CT molecular complexity index is 1530. The lowest BCUT2D eigenvalue weighted by Gasteiger charge is -2.29. The Morgan fingerprint density at radius 2 is 1.83 bits per heavy atom. The van der Waals surface area contributed by atoms with E-state index >= 15 is 0 Å². The largest absolute Gasteiger partial charge is 0.494 e. The van der Waals surface area contributed by atoms with Gasteiger partial charge in [0.05, 0.1) is 18.0 Å². The van der Waals surface area contributed by atoms with Crippen LogP contribution in [0.25, 0.3) is 11.0 Å². The SMILES string of the molecule is CCCC(c1ccccc1)c1nc2c(C3(Cc4ccncc4)CCN(C(=O)OC(C)(C)C)C3=O)ccc(OC)c2[nH]1. The molecule has 3 heterocycles. The van der Waals surface area contributed by atoms with E-state index in [4.69, 9.17) is 14.5 Å². The summed E-state index contributed by atoms with van der Waals surface area (Å²) in [5.41, 5.74) is 2.58. The lowest BCUT2D eigenvalue weighted by molar-refractivity contribution is -0.131. The van der Waals surface area contributed by atoms with Gasteiger partial charge >= 0.3 is 6.09 Å². The summed E-state index contributed by atoms with van der Waals surface area (Å²) in [5.74, 6) is 1.25. The second kappa shape index (κ2) is 11.4. The van der Waals surface area contributed by atoms with Crippen LogP contribution in [0.2, 0.25) is 0 Å². The molecule has 0 saturated carbocycles. The molecule has 2 aromatic heterocycles. The maximum absolute atomic E-state index is 14.4. The van der Waals surface area contributed by atoms with E-state index in [2.05, 4.69) is 29.0 Å². The number of imide groups is 1. The number of nitrogens with zero attached hydrogens (tertiary/aromatic N) is 3. The van der Waals surface area contributed by atoms with E-state index < -0.39 is 17.1 Å². The summed E-state index contributed by atoms with van der Waals surface area (Å²) >= 11 is 0. The molecule has 1 aliphatic rings. The monoisotopic (exact) mass is 554 g/mol. The number of imidazole rings is 1. The minimum absolute atomic E-state index is 0.0554. The highest BCUT2D eigenvalue weighted by Crippen LogP contribution is 2.44. The fourth-order valence-electron chi connectivity index (χ4n) is 5.86. The molecule has 1 N–H and O–H groups in total. The van der Waals surface area contributed by atoms with Crippen LogP contribution >= 0.6 is 0 Å². The topological polar surface area (TPSA) is 97.4 Å². The van der Waals surface area contributed by atoms with Gasteiger partial charge in [0.2, 0.25) is 5.91 Å². The number of fused-ring (bicyclic) bond motifs is 1. The second-order valence-corrected chi connectivity index (χ2v) is 11.7. The number of carbonyl (C=O) groups is 2. The van der Waals surface area contributed by atoms with E-state index in [1.807, 2.05) is 42.5 Å². The minimum Gasteiger partial charge on any atom is -0.494 e. The fourth-order valence-corrected chi connectivity index (χ4v) is 5.86. The highest BCUT2D eigenvalue weighted by Gasteiger charge is 2.52. The van der Waals surface area contributed by atoms with Crippen molar-refractivity contribution in [1.82, 2.24) is 19.9 Å². The highest BCUT2D eigenvalue weighted by molar-refractivity contribution is 6.03. The number of pyridine rings is 1. The number of methoxy groups -OCH3 is 1. The first-order valence-electron chi connectivity index (χ1n) is 14.2. The zero-order valence-corrected chi connectivity index (χ0v) is 24.4. The van der Waals surface area contributed by atoms with Gasteiger partial charge in [0, 0.05) is 24.9 Å². The van der Waals surface area contributed by atoms with Crippen molar-refractivity contribution in [2.75, 3.05) is 13.7 Å². The molecular weight excluding hydrogens is 516 g/mol. The van der Waals surface area contributed by atoms with E-state index in [-0.39, 0.29) is 18.4 Å². The molecule has 2 unspecified atom stereocenters. The molecule has 4 aromatic rings. The molecule has 41 heavy (non-hydrogen) atoms. The fraction of sp³-hybridized carbons (Fsp3) is 0.394. The molecule has 0 spiro atoms. The van der Waals surface area contributed by atoms with E-state index in [1.165, 1.54) is 10.5 Å². The van der Waals surface area contributed by atoms with Crippen LogP contribution in [-0.4, -0.2) is 51.1 Å². The Labute approximate surface area is 241 Å². The molecule has 0 bridgehead atoms. The molecule has 0 aliphatic carbocycles. The number of nitrogens with one attached hydrogen (secondary N) is 1. The smallest absolute Gasteiger partial charge is 0.417 e. The maximum Gasteiger partial charge on any atom is 0.417 e. The Balaban J connectivity index is 1.67. The summed E-state index contributed by atoms with van der Waals surface area (Å²) < 4.78 is 11.4. The van der Waals surface area contributed by atoms with Crippen molar-refractivity contribution in [1.29, 1.82) is 0 Å². The number of amides is 2. The standard InChI is InChI=1S/C33H38N4O4/c1-6-10-24(23-11-8-7-9-12-23)29-35-27-25(13-14-26(40-5)28(27)36-29)33(21-22-15-18-34-19-16-22)17-20-37(30(33)38)31(39)41-32(2,3)4/h7-9,11-16,18-19,24H,6,10,17,20-21H2,1-5H3,(H,35,36). The van der Waals surface area contributed by atoms with Crippen LogP contribution in [0.4, 0.5) is 4.79 Å². The molecule has 1 aliphatic heterocycles. The van der Waals surface area contributed by atoms with Crippen LogP contribution < -0.4 is 4.74 Å². The molecule has 8 heteroatoms. The predicted molar refractivity (Wildman–Crippen MR) is 158 cm³/mol. The first-order chi connectivity index (χ1) is 19.7. The van der Waals surface area contributed by atoms with E-state index in [0.717, 1.165) is 35.3 Å². The first kappa shape index (κ1) is 28.3. The maximum atomic E-state index is 14.4. The normalized spacial score (nSPS) is 18.1. The average molecular weight is 555 g/mol. The summed E-state index contributed by atoms with van der Waals surface area (Å²) in [5, 5.41) is 0. The summed E-state index contributed by atoms with van der Waals surface area (Å²) in [7, 11) is 1.63. The lowest BCUT2D eigenvalue weighted by Crippen LogP contribution is -2.44. The molecule has 2 aromatic carbocycles. The van der Waals surface area contributed by atoms with Gasteiger partial charge in [-0.15, -0.1) is 0 Å². The number of carbonyl (C=O) groups excluding carboxylic acids is 2. The third-order valence-electron chi connectivity index (χ3n) is 7.76. The zero-order valence-electron chi connectivity index (χ0n) is 24.4. The van der Waals surface area contributed by atoms with Crippen LogP contribution in [0, 0.1) is 0 Å². The number of H-pyrrole nitrogens is 1. The van der Waals surface area contributed by atoms with Crippen LogP contribution in [0.15, 0.2) is 67.0 Å². The molecule has 0 radical (unpaired) electrons. The number of hydrogen-bond acceptors (Lipinski definition) is 6. The number of aromatic nitrogens is 3. The van der Waals surface area contributed by atoms with Crippen molar-refractivity contribution in [3.63, 3.8) is 0 Å². The van der Waals surface area contributed by atoms with Crippen LogP contribution in [-0.2, 0) is 21.4 Å². The Morgan fingerprint density at radius 3 is 2.49 bits per heavy atom. The van der Waals surface area contributed by atoms with E-state index in [1.54, 1.807) is 40.3 Å². The third-order valence-corrected chi connectivity index (χ3v) is 7.76. The second-order valence-electron chi connectivity index (χ2n) is 11.7. The number of rotatable bonds is 8. The minimum atomic E-state index is -1.03. The molecule has 1 fully saturated rings. The van der Waals surface area contributed by atoms with Crippen molar-refractivity contribution in [3.8, 4) is 5.75 Å². The van der Waals surface area contributed by atoms with Crippen LogP contribution in [0.1, 0.15) is 75.4 Å². The molecule has 2 atom stereocenters. The van der Waals surface area contributed by atoms with Gasteiger partial charge in [-0.3, -0.25) is 9.78 Å². The zero-order chi connectivity index (χ0) is 29.2. The molecule has 5 rings (SSSR count). The number of ether oxygens (including phenoxy) is 2. The summed E-state index contributed by atoms with van der Waals surface area (Å²) in [6.07, 6.45) is 5.55. The van der Waals surface area contributed by atoms with E-state index in [0.29, 0.717) is 24.1 Å². The Kier molecular flexibility index (Phi) is 7.84. The van der Waals surface area contributed by atoms with Gasteiger partial charge in [-0.25, -0.2) is 14.7 Å². The van der Waals surface area contributed by atoms with Crippen molar-refractivity contribution in [2.45, 2.75) is 70.3 Å². The first-order valence-corrected chi connectivity index (χ1v) is 14.2. The Morgan fingerprint density at radius 1 is 1.10 bits per heavy atom. The number of aromatic amines is 1. The van der Waals surface area contributed by atoms with Crippen molar-refractivity contribution < 1.29 is 19.1 Å². The molecule has 2 amide bonds. The van der Waals surface area contributed by atoms with E-state index in [9.17, 15) is 9.59 Å². The molecule has 214 valence electrons. The molecular formula is C33H38N4O4. The third kappa shape index (κ3) is 5.56. The summed E-state index contributed by atoms with van der Waals surface area (Å²) in [6, 6.07) is 18.0. The van der Waals surface area contributed by atoms with Crippen LogP contribution in [0.3, 0.4) is 0 Å². The van der Waals surface area contributed by atoms with Gasteiger partial charge < -0.3 is 14.5 Å². The van der Waals surface area contributed by atoms with Crippen LogP contribution in [0.5, 0.6) is 5.75 Å². The summed E-state index contributed by atoms with van der Waals surface area (Å²) in [4.78, 5) is 41.7. The van der Waals surface area contributed by atoms with Crippen molar-refractivity contribution >= 4 is 23.0 Å². The van der Waals surface area contributed by atoms with Gasteiger partial charge in [0.15, 0.2) is 0 Å². The number of likely N-dealkylation sites (tertiary alicyclic amines) is 1. The van der Waals surface area contributed by atoms with Crippen molar-refractivity contribution in [2.24, 2.45) is 0 Å². The molecule has 1 saturated heterocycles. The van der Waals surface area contributed by atoms with Gasteiger partial charge in [0.1, 0.15) is 22.7 Å². The quantitative estimate of drug-likeness (QED) is 0.265. The van der Waals surface area contributed by atoms with Gasteiger partial charge in [-0.2, -0.15) is 0 Å². The number of hydrogen-bond donors (Lipinski definition) is 1. The van der Waals surface area contributed by atoms with Gasteiger partial charge in [-0.05, 0) is 74.9 Å². The van der Waals surface area contributed by atoms with Gasteiger partial charge in [0.25, 0.3) is 0 Å².